The predicted molar refractivity (Wildman–Crippen MR) is 85.2 cm³/mol. The summed E-state index contributed by atoms with van der Waals surface area (Å²) in [7, 11) is 2.85. The first-order valence-corrected chi connectivity index (χ1v) is 7.24. The van der Waals surface area contributed by atoms with Gasteiger partial charge in [0.05, 0.1) is 32.2 Å². The lowest BCUT2D eigenvalue weighted by molar-refractivity contribution is -0.605. The smallest absolute Gasteiger partial charge is 0.307 e. The van der Waals surface area contributed by atoms with Crippen molar-refractivity contribution in [3.8, 4) is 5.75 Å². The van der Waals surface area contributed by atoms with Crippen molar-refractivity contribution < 1.29 is 23.8 Å². The fraction of sp³-hybridized carbons (Fsp3) is 0.235. The molecule has 0 aliphatic heterocycles. The number of benzene rings is 1. The van der Waals surface area contributed by atoms with Crippen LogP contribution in [-0.4, -0.2) is 26.1 Å². The molecule has 1 unspecified atom stereocenters. The van der Waals surface area contributed by atoms with Crippen molar-refractivity contribution in [2.45, 2.75) is 12.5 Å². The molecule has 2 aromatic rings. The van der Waals surface area contributed by atoms with Crippen LogP contribution in [0, 0.1) is 5.21 Å². The number of pyridine rings is 1. The standard InChI is InChI=1S/C17H18N2O5/c1-23-14-5-3-12(4-6-14)15(11-16(20)24-2)18-17(21)13-7-9-19(22)10-8-13/h3-10,15H,11H2,1-2H3,(H,18,21). The average molecular weight is 330 g/mol. The Morgan fingerprint density at radius 3 is 2.29 bits per heavy atom. The third kappa shape index (κ3) is 4.45. The van der Waals surface area contributed by atoms with Gasteiger partial charge >= 0.3 is 5.97 Å². The summed E-state index contributed by atoms with van der Waals surface area (Å²) in [5.41, 5.74) is 1.06. The normalized spacial score (nSPS) is 11.4. The molecule has 7 heteroatoms. The number of aromatic nitrogens is 1. The van der Waals surface area contributed by atoms with Crippen molar-refractivity contribution in [2.75, 3.05) is 14.2 Å². The summed E-state index contributed by atoms with van der Waals surface area (Å²) in [4.78, 5) is 24.0. The van der Waals surface area contributed by atoms with E-state index in [1.165, 1.54) is 31.6 Å². The van der Waals surface area contributed by atoms with Crippen molar-refractivity contribution in [1.29, 1.82) is 0 Å². The zero-order chi connectivity index (χ0) is 17.5. The van der Waals surface area contributed by atoms with Gasteiger partial charge in [0.25, 0.3) is 5.91 Å². The maximum absolute atomic E-state index is 12.3. The molecule has 1 aromatic carbocycles. The fourth-order valence-electron chi connectivity index (χ4n) is 2.14. The molecule has 0 fully saturated rings. The number of carbonyl (C=O) groups excluding carboxylic acids is 2. The second kappa shape index (κ2) is 7.96. The van der Waals surface area contributed by atoms with Crippen LogP contribution in [-0.2, 0) is 9.53 Å². The monoisotopic (exact) mass is 330 g/mol. The predicted octanol–water partition coefficient (Wildman–Crippen LogP) is 1.36. The summed E-state index contributed by atoms with van der Waals surface area (Å²) in [5, 5.41) is 13.8. The first kappa shape index (κ1) is 17.3. The van der Waals surface area contributed by atoms with Crippen molar-refractivity contribution in [3.05, 3.63) is 65.1 Å². The molecule has 0 aliphatic carbocycles. The molecule has 0 spiro atoms. The third-order valence-electron chi connectivity index (χ3n) is 3.49. The Morgan fingerprint density at radius 1 is 1.12 bits per heavy atom. The van der Waals surface area contributed by atoms with Gasteiger partial charge in [-0.25, -0.2) is 0 Å². The van der Waals surface area contributed by atoms with E-state index in [0.29, 0.717) is 16.0 Å². The van der Waals surface area contributed by atoms with Crippen LogP contribution < -0.4 is 14.8 Å². The summed E-state index contributed by atoms with van der Waals surface area (Å²) in [6.45, 7) is 0. The number of amides is 1. The van der Waals surface area contributed by atoms with Crippen LogP contribution in [0.4, 0.5) is 0 Å². The van der Waals surface area contributed by atoms with Gasteiger partial charge in [-0.05, 0) is 17.7 Å². The number of hydrogen-bond donors (Lipinski definition) is 1. The van der Waals surface area contributed by atoms with Crippen molar-refractivity contribution in [1.82, 2.24) is 5.32 Å². The molecule has 0 saturated carbocycles. The third-order valence-corrected chi connectivity index (χ3v) is 3.49. The molecule has 0 bridgehead atoms. The first-order chi connectivity index (χ1) is 11.5. The van der Waals surface area contributed by atoms with E-state index in [1.807, 2.05) is 0 Å². The van der Waals surface area contributed by atoms with Crippen LogP contribution in [0.2, 0.25) is 0 Å². The van der Waals surface area contributed by atoms with Gasteiger partial charge in [0.2, 0.25) is 0 Å². The van der Waals surface area contributed by atoms with Gasteiger partial charge in [-0.15, -0.1) is 0 Å². The molecule has 0 aliphatic rings. The molecule has 126 valence electrons. The maximum atomic E-state index is 12.3. The number of methoxy groups -OCH3 is 2. The summed E-state index contributed by atoms with van der Waals surface area (Å²) >= 11 is 0. The van der Waals surface area contributed by atoms with Crippen LogP contribution in [0.1, 0.15) is 28.4 Å². The lowest BCUT2D eigenvalue weighted by atomic mass is 10.0. The van der Waals surface area contributed by atoms with Gasteiger partial charge in [-0.1, -0.05) is 12.1 Å². The Hall–Kier alpha value is -3.09. The Labute approximate surface area is 139 Å². The minimum atomic E-state index is -0.560. The molecule has 1 atom stereocenters. The van der Waals surface area contributed by atoms with E-state index in [1.54, 1.807) is 31.4 Å². The number of esters is 1. The van der Waals surface area contributed by atoms with E-state index >= 15 is 0 Å². The zero-order valence-electron chi connectivity index (χ0n) is 13.4. The molecule has 2 rings (SSSR count). The van der Waals surface area contributed by atoms with Gasteiger partial charge in [-0.2, -0.15) is 4.73 Å². The highest BCUT2D eigenvalue weighted by molar-refractivity contribution is 5.94. The zero-order valence-corrected chi connectivity index (χ0v) is 13.4. The van der Waals surface area contributed by atoms with Crippen LogP contribution in [0.3, 0.4) is 0 Å². The Morgan fingerprint density at radius 2 is 1.75 bits per heavy atom. The molecule has 7 nitrogen and oxygen atoms in total. The first-order valence-electron chi connectivity index (χ1n) is 7.24. The maximum Gasteiger partial charge on any atom is 0.307 e. The number of hydrogen-bond acceptors (Lipinski definition) is 5. The Kier molecular flexibility index (Phi) is 5.73. The van der Waals surface area contributed by atoms with Crippen LogP contribution in [0.15, 0.2) is 48.8 Å². The molecule has 0 saturated heterocycles. The molecule has 24 heavy (non-hydrogen) atoms. The summed E-state index contributed by atoms with van der Waals surface area (Å²) in [6, 6.07) is 9.28. The van der Waals surface area contributed by atoms with Gasteiger partial charge in [0, 0.05) is 12.1 Å². The molecular formula is C17H18N2O5. The Balaban J connectivity index is 2.19. The second-order valence-corrected chi connectivity index (χ2v) is 5.03. The summed E-state index contributed by atoms with van der Waals surface area (Å²) < 4.78 is 10.4. The number of ether oxygens (including phenoxy) is 2. The van der Waals surface area contributed by atoms with E-state index in [0.717, 1.165) is 5.56 Å². The van der Waals surface area contributed by atoms with Crippen LogP contribution >= 0.6 is 0 Å². The quantitative estimate of drug-likeness (QED) is 0.490. The highest BCUT2D eigenvalue weighted by Gasteiger charge is 2.20. The number of nitrogens with zero attached hydrogens (tertiary/aromatic N) is 1. The second-order valence-electron chi connectivity index (χ2n) is 5.03. The van der Waals surface area contributed by atoms with E-state index in [-0.39, 0.29) is 12.3 Å². The SMILES string of the molecule is COC(=O)CC(NC(=O)c1cc[n+]([O-])cc1)c1ccc(OC)cc1. The van der Waals surface area contributed by atoms with Crippen molar-refractivity contribution >= 4 is 11.9 Å². The molecule has 1 aromatic heterocycles. The van der Waals surface area contributed by atoms with Gasteiger partial charge in [0.15, 0.2) is 12.4 Å². The summed E-state index contributed by atoms with van der Waals surface area (Å²) in [6.07, 6.45) is 2.46. The lowest BCUT2D eigenvalue weighted by Crippen LogP contribution is -2.31. The average Bonchev–Trinajstić information content (AvgIpc) is 2.61. The fourth-order valence-corrected chi connectivity index (χ4v) is 2.14. The molecule has 1 N–H and O–H groups in total. The number of rotatable bonds is 6. The van der Waals surface area contributed by atoms with Gasteiger partial charge < -0.3 is 20.0 Å². The Bertz CT molecular complexity index is 698. The van der Waals surface area contributed by atoms with Crippen LogP contribution in [0.25, 0.3) is 0 Å². The minimum absolute atomic E-state index is 0.0110. The molecule has 1 amide bonds. The van der Waals surface area contributed by atoms with Crippen molar-refractivity contribution in [2.24, 2.45) is 0 Å². The van der Waals surface area contributed by atoms with E-state index in [4.69, 9.17) is 9.47 Å². The van der Waals surface area contributed by atoms with E-state index < -0.39 is 12.0 Å². The highest BCUT2D eigenvalue weighted by atomic mass is 16.5. The molecular weight excluding hydrogens is 312 g/mol. The summed E-state index contributed by atoms with van der Waals surface area (Å²) in [5.74, 6) is -0.160. The number of nitrogens with one attached hydrogen (secondary N) is 1. The molecule has 1 heterocycles. The number of carbonyl (C=O) groups is 2. The minimum Gasteiger partial charge on any atom is -0.619 e. The largest absolute Gasteiger partial charge is 0.619 e. The van der Waals surface area contributed by atoms with Gasteiger partial charge in [0.1, 0.15) is 5.75 Å². The van der Waals surface area contributed by atoms with Gasteiger partial charge in [-0.3, -0.25) is 9.59 Å². The van der Waals surface area contributed by atoms with E-state index in [9.17, 15) is 14.8 Å². The topological polar surface area (TPSA) is 91.6 Å². The van der Waals surface area contributed by atoms with E-state index in [2.05, 4.69) is 5.32 Å². The van der Waals surface area contributed by atoms with Crippen molar-refractivity contribution in [3.63, 3.8) is 0 Å². The van der Waals surface area contributed by atoms with Crippen LogP contribution in [0.5, 0.6) is 5.75 Å². The molecule has 0 radical (unpaired) electrons. The highest BCUT2D eigenvalue weighted by Crippen LogP contribution is 2.21. The lowest BCUT2D eigenvalue weighted by Gasteiger charge is -2.18.